The molecule has 0 aliphatic heterocycles. The van der Waals surface area contributed by atoms with Gasteiger partial charge in [-0.2, -0.15) is 0 Å². The zero-order chi connectivity index (χ0) is 16.5. The lowest BCUT2D eigenvalue weighted by Crippen LogP contribution is -2.42. The van der Waals surface area contributed by atoms with Crippen LogP contribution in [0.3, 0.4) is 0 Å². The highest BCUT2D eigenvalue weighted by atomic mass is 19.1. The topological polar surface area (TPSA) is 39.7 Å². The van der Waals surface area contributed by atoms with Gasteiger partial charge in [-0.25, -0.2) is 4.39 Å². The van der Waals surface area contributed by atoms with Gasteiger partial charge in [0.05, 0.1) is 12.6 Å². The number of hydrogen-bond acceptors (Lipinski definition) is 2. The highest BCUT2D eigenvalue weighted by Gasteiger charge is 2.15. The Morgan fingerprint density at radius 3 is 2.59 bits per heavy atom. The molecule has 0 heterocycles. The number of likely N-dealkylation sites (N-methyl/N-ethyl adjacent to an activating group) is 1. The lowest BCUT2D eigenvalue weighted by Gasteiger charge is -2.24. The molecule has 0 saturated heterocycles. The average Bonchev–Trinajstić information content (AvgIpc) is 2.47. The number of rotatable bonds is 7. The SMILES string of the molecule is CCNC(=NCC(c1cccc(F)c1)N(C)C)NC(C)CC. The molecule has 0 amide bonds. The highest BCUT2D eigenvalue weighted by Crippen LogP contribution is 2.19. The fraction of sp³-hybridized carbons (Fsp3) is 0.588. The summed E-state index contributed by atoms with van der Waals surface area (Å²) in [6.07, 6.45) is 1.03. The van der Waals surface area contributed by atoms with E-state index in [1.807, 2.05) is 27.1 Å². The number of hydrogen-bond donors (Lipinski definition) is 2. The molecule has 2 N–H and O–H groups in total. The molecule has 2 unspecified atom stereocenters. The van der Waals surface area contributed by atoms with Crippen LogP contribution in [0.25, 0.3) is 0 Å². The summed E-state index contributed by atoms with van der Waals surface area (Å²) in [6, 6.07) is 7.14. The van der Waals surface area contributed by atoms with Crippen LogP contribution in [0.2, 0.25) is 0 Å². The van der Waals surface area contributed by atoms with Gasteiger partial charge in [-0.05, 0) is 52.1 Å². The average molecular weight is 308 g/mol. The van der Waals surface area contributed by atoms with Crippen molar-refractivity contribution in [2.45, 2.75) is 39.3 Å². The third-order valence-electron chi connectivity index (χ3n) is 3.62. The van der Waals surface area contributed by atoms with Crippen LogP contribution in [0.5, 0.6) is 0 Å². The third kappa shape index (κ3) is 6.02. The van der Waals surface area contributed by atoms with Gasteiger partial charge in [0.15, 0.2) is 5.96 Å². The van der Waals surface area contributed by atoms with Crippen molar-refractivity contribution in [2.75, 3.05) is 27.2 Å². The molecule has 0 spiro atoms. The van der Waals surface area contributed by atoms with Crippen molar-refractivity contribution >= 4 is 5.96 Å². The van der Waals surface area contributed by atoms with Crippen LogP contribution < -0.4 is 10.6 Å². The van der Waals surface area contributed by atoms with Gasteiger partial charge in [-0.1, -0.05) is 19.1 Å². The molecule has 0 radical (unpaired) electrons. The molecule has 0 aliphatic carbocycles. The molecular weight excluding hydrogens is 279 g/mol. The van der Waals surface area contributed by atoms with E-state index in [0.29, 0.717) is 12.6 Å². The monoisotopic (exact) mass is 308 g/mol. The number of guanidine groups is 1. The van der Waals surface area contributed by atoms with Crippen molar-refractivity contribution in [3.05, 3.63) is 35.6 Å². The van der Waals surface area contributed by atoms with E-state index in [-0.39, 0.29) is 11.9 Å². The van der Waals surface area contributed by atoms with E-state index in [1.54, 1.807) is 12.1 Å². The minimum atomic E-state index is -0.210. The van der Waals surface area contributed by atoms with Crippen LogP contribution in [0.4, 0.5) is 4.39 Å². The van der Waals surface area contributed by atoms with Crippen molar-refractivity contribution in [3.8, 4) is 0 Å². The Balaban J connectivity index is 2.86. The first-order valence-corrected chi connectivity index (χ1v) is 7.94. The number of halogens is 1. The Bertz CT molecular complexity index is 473. The van der Waals surface area contributed by atoms with E-state index in [4.69, 9.17) is 0 Å². The fourth-order valence-corrected chi connectivity index (χ4v) is 2.11. The van der Waals surface area contributed by atoms with E-state index in [9.17, 15) is 4.39 Å². The largest absolute Gasteiger partial charge is 0.357 e. The zero-order valence-electron chi connectivity index (χ0n) is 14.4. The van der Waals surface area contributed by atoms with Crippen LogP contribution >= 0.6 is 0 Å². The zero-order valence-corrected chi connectivity index (χ0v) is 14.4. The molecule has 22 heavy (non-hydrogen) atoms. The predicted octanol–water partition coefficient (Wildman–Crippen LogP) is 2.78. The van der Waals surface area contributed by atoms with Crippen molar-refractivity contribution in [1.82, 2.24) is 15.5 Å². The van der Waals surface area contributed by atoms with Gasteiger partial charge in [-0.15, -0.1) is 0 Å². The molecule has 4 nitrogen and oxygen atoms in total. The van der Waals surface area contributed by atoms with E-state index in [1.165, 1.54) is 6.07 Å². The second-order valence-electron chi connectivity index (χ2n) is 5.71. The molecule has 1 aromatic rings. The van der Waals surface area contributed by atoms with Crippen LogP contribution in [0.1, 0.15) is 38.8 Å². The molecule has 5 heteroatoms. The molecule has 2 atom stereocenters. The smallest absolute Gasteiger partial charge is 0.191 e. The van der Waals surface area contributed by atoms with Gasteiger partial charge < -0.3 is 15.5 Å². The van der Waals surface area contributed by atoms with E-state index in [2.05, 4.69) is 34.4 Å². The summed E-state index contributed by atoms with van der Waals surface area (Å²) in [4.78, 5) is 6.72. The molecule has 0 aliphatic rings. The van der Waals surface area contributed by atoms with Crippen molar-refractivity contribution in [1.29, 1.82) is 0 Å². The van der Waals surface area contributed by atoms with Crippen LogP contribution in [0.15, 0.2) is 29.3 Å². The molecule has 0 fully saturated rings. The Morgan fingerprint density at radius 2 is 2.05 bits per heavy atom. The fourth-order valence-electron chi connectivity index (χ4n) is 2.11. The normalized spacial score (nSPS) is 14.8. The maximum atomic E-state index is 13.4. The predicted molar refractivity (Wildman–Crippen MR) is 91.7 cm³/mol. The van der Waals surface area contributed by atoms with E-state index < -0.39 is 0 Å². The molecule has 0 bridgehead atoms. The van der Waals surface area contributed by atoms with Gasteiger partial charge in [0.25, 0.3) is 0 Å². The summed E-state index contributed by atoms with van der Waals surface area (Å²) in [5, 5.41) is 6.62. The Morgan fingerprint density at radius 1 is 1.32 bits per heavy atom. The van der Waals surface area contributed by atoms with Crippen molar-refractivity contribution in [3.63, 3.8) is 0 Å². The summed E-state index contributed by atoms with van der Waals surface area (Å²) in [5.74, 6) is 0.595. The molecule has 0 aromatic heterocycles. The van der Waals surface area contributed by atoms with Gasteiger partial charge >= 0.3 is 0 Å². The van der Waals surface area contributed by atoms with E-state index >= 15 is 0 Å². The quantitative estimate of drug-likeness (QED) is 0.601. The number of aliphatic imine (C=N–C) groups is 1. The Labute approximate surface area is 133 Å². The summed E-state index contributed by atoms with van der Waals surface area (Å²) < 4.78 is 13.4. The molecule has 124 valence electrons. The second kappa shape index (κ2) is 9.41. The van der Waals surface area contributed by atoms with Gasteiger partial charge in [0.2, 0.25) is 0 Å². The standard InChI is InChI=1S/C17H29FN4/c1-6-13(3)21-17(19-7-2)20-12-16(22(4)5)14-9-8-10-15(18)11-14/h8-11,13,16H,6-7,12H2,1-5H3,(H2,19,20,21). The van der Waals surface area contributed by atoms with Gasteiger partial charge in [-0.3, -0.25) is 4.99 Å². The minimum Gasteiger partial charge on any atom is -0.357 e. The number of nitrogens with zero attached hydrogens (tertiary/aromatic N) is 2. The van der Waals surface area contributed by atoms with Gasteiger partial charge in [0.1, 0.15) is 5.82 Å². The van der Waals surface area contributed by atoms with Crippen LogP contribution in [-0.2, 0) is 0 Å². The summed E-state index contributed by atoms with van der Waals surface area (Å²) in [7, 11) is 3.97. The minimum absolute atomic E-state index is 0.0445. The molecule has 0 saturated carbocycles. The highest BCUT2D eigenvalue weighted by molar-refractivity contribution is 5.80. The van der Waals surface area contributed by atoms with E-state index in [0.717, 1.165) is 24.5 Å². The maximum Gasteiger partial charge on any atom is 0.191 e. The lowest BCUT2D eigenvalue weighted by molar-refractivity contribution is 0.305. The Hall–Kier alpha value is -1.62. The maximum absolute atomic E-state index is 13.4. The first-order chi connectivity index (χ1) is 10.5. The second-order valence-corrected chi connectivity index (χ2v) is 5.71. The first-order valence-electron chi connectivity index (χ1n) is 7.94. The summed E-state index contributed by atoms with van der Waals surface area (Å²) in [5.41, 5.74) is 0.938. The third-order valence-corrected chi connectivity index (χ3v) is 3.62. The summed E-state index contributed by atoms with van der Waals surface area (Å²) in [6.45, 7) is 7.69. The van der Waals surface area contributed by atoms with Crippen LogP contribution in [0, 0.1) is 5.82 Å². The van der Waals surface area contributed by atoms with Crippen molar-refractivity contribution in [2.24, 2.45) is 4.99 Å². The number of benzene rings is 1. The summed E-state index contributed by atoms with van der Waals surface area (Å²) >= 11 is 0. The van der Waals surface area contributed by atoms with Crippen LogP contribution in [-0.4, -0.2) is 44.1 Å². The molecule has 1 aromatic carbocycles. The van der Waals surface area contributed by atoms with Crippen molar-refractivity contribution < 1.29 is 4.39 Å². The molecular formula is C17H29FN4. The number of nitrogens with one attached hydrogen (secondary N) is 2. The Kier molecular flexibility index (Phi) is 7.88. The first kappa shape index (κ1) is 18.4. The lowest BCUT2D eigenvalue weighted by atomic mass is 10.1. The molecule has 1 rings (SSSR count). The van der Waals surface area contributed by atoms with Gasteiger partial charge in [0, 0.05) is 12.6 Å².